The SMILES string of the molecule is CCS(=O)(=O)c1cc([N+](=O)[O-])ccc1N. The van der Waals surface area contributed by atoms with Crippen LogP contribution in [0.5, 0.6) is 0 Å². The van der Waals surface area contributed by atoms with Gasteiger partial charge in [0.05, 0.1) is 21.3 Å². The average molecular weight is 230 g/mol. The standard InChI is InChI=1S/C8H10N2O4S/c1-2-15(13,14)8-5-6(10(11)12)3-4-7(8)9/h3-5H,2,9H2,1H3. The Morgan fingerprint density at radius 3 is 2.53 bits per heavy atom. The number of rotatable bonds is 3. The van der Waals surface area contributed by atoms with Crippen LogP contribution in [-0.4, -0.2) is 19.1 Å². The Balaban J connectivity index is 3.42. The maximum Gasteiger partial charge on any atom is 0.270 e. The number of nitrogens with two attached hydrogens (primary N) is 1. The summed E-state index contributed by atoms with van der Waals surface area (Å²) >= 11 is 0. The van der Waals surface area contributed by atoms with Crippen molar-refractivity contribution in [3.8, 4) is 0 Å². The fourth-order valence-electron chi connectivity index (χ4n) is 1.06. The third-order valence-corrected chi connectivity index (χ3v) is 3.71. The first-order chi connectivity index (χ1) is 6.88. The van der Waals surface area contributed by atoms with Gasteiger partial charge < -0.3 is 5.73 Å². The van der Waals surface area contributed by atoms with E-state index < -0.39 is 14.8 Å². The molecule has 0 radical (unpaired) electrons. The minimum Gasteiger partial charge on any atom is -0.398 e. The third kappa shape index (κ3) is 2.24. The van der Waals surface area contributed by atoms with Crippen LogP contribution in [0, 0.1) is 10.1 Å². The van der Waals surface area contributed by atoms with Crippen LogP contribution in [0.25, 0.3) is 0 Å². The minimum absolute atomic E-state index is 0.0300. The molecule has 0 saturated carbocycles. The first kappa shape index (κ1) is 11.4. The number of sulfone groups is 1. The summed E-state index contributed by atoms with van der Waals surface area (Å²) in [5.74, 6) is -0.141. The highest BCUT2D eigenvalue weighted by atomic mass is 32.2. The van der Waals surface area contributed by atoms with Crippen molar-refractivity contribution < 1.29 is 13.3 Å². The van der Waals surface area contributed by atoms with Crippen molar-refractivity contribution in [2.45, 2.75) is 11.8 Å². The van der Waals surface area contributed by atoms with Crippen molar-refractivity contribution >= 4 is 21.2 Å². The van der Waals surface area contributed by atoms with Crippen LogP contribution in [0.4, 0.5) is 11.4 Å². The zero-order valence-corrected chi connectivity index (χ0v) is 8.82. The maximum absolute atomic E-state index is 11.5. The Bertz CT molecular complexity index is 495. The highest BCUT2D eigenvalue weighted by molar-refractivity contribution is 7.91. The van der Waals surface area contributed by atoms with Crippen molar-refractivity contribution in [3.63, 3.8) is 0 Å². The van der Waals surface area contributed by atoms with E-state index in [2.05, 4.69) is 0 Å². The molecule has 0 amide bonds. The zero-order valence-electron chi connectivity index (χ0n) is 8.00. The second-order valence-electron chi connectivity index (χ2n) is 2.88. The molecule has 0 bridgehead atoms. The summed E-state index contributed by atoms with van der Waals surface area (Å²) in [4.78, 5) is 9.61. The van der Waals surface area contributed by atoms with Crippen molar-refractivity contribution in [1.29, 1.82) is 0 Å². The average Bonchev–Trinajstić information content (AvgIpc) is 2.17. The van der Waals surface area contributed by atoms with Gasteiger partial charge in [0, 0.05) is 12.1 Å². The summed E-state index contributed by atoms with van der Waals surface area (Å²) in [5.41, 5.74) is 5.20. The smallest absolute Gasteiger partial charge is 0.270 e. The topological polar surface area (TPSA) is 103 Å². The van der Waals surface area contributed by atoms with Crippen LogP contribution in [0.15, 0.2) is 23.1 Å². The summed E-state index contributed by atoms with van der Waals surface area (Å²) in [7, 11) is -3.51. The molecule has 0 atom stereocenters. The number of hydrogen-bond acceptors (Lipinski definition) is 5. The van der Waals surface area contributed by atoms with Crippen LogP contribution in [0.1, 0.15) is 6.92 Å². The van der Waals surface area contributed by atoms with Crippen LogP contribution < -0.4 is 5.73 Å². The van der Waals surface area contributed by atoms with E-state index in [0.717, 1.165) is 6.07 Å². The molecular weight excluding hydrogens is 220 g/mol. The number of hydrogen-bond donors (Lipinski definition) is 1. The van der Waals surface area contributed by atoms with E-state index in [1.807, 2.05) is 0 Å². The molecule has 15 heavy (non-hydrogen) atoms. The summed E-state index contributed by atoms with van der Waals surface area (Å²) in [6, 6.07) is 3.37. The first-order valence-electron chi connectivity index (χ1n) is 4.15. The van der Waals surface area contributed by atoms with Gasteiger partial charge in [0.1, 0.15) is 0 Å². The Morgan fingerprint density at radius 2 is 2.07 bits per heavy atom. The number of benzene rings is 1. The largest absolute Gasteiger partial charge is 0.398 e. The first-order valence-corrected chi connectivity index (χ1v) is 5.80. The lowest BCUT2D eigenvalue weighted by molar-refractivity contribution is -0.385. The Kier molecular flexibility index (Phi) is 2.94. The van der Waals surface area contributed by atoms with Gasteiger partial charge in [-0.2, -0.15) is 0 Å². The lowest BCUT2D eigenvalue weighted by atomic mass is 10.3. The lowest BCUT2D eigenvalue weighted by Gasteiger charge is -2.04. The predicted octanol–water partition coefficient (Wildman–Crippen LogP) is 0.971. The van der Waals surface area contributed by atoms with Crippen LogP contribution >= 0.6 is 0 Å². The van der Waals surface area contributed by atoms with Crippen LogP contribution in [0.2, 0.25) is 0 Å². The molecule has 0 heterocycles. The molecule has 0 fully saturated rings. The molecule has 0 aliphatic carbocycles. The summed E-state index contributed by atoms with van der Waals surface area (Å²) < 4.78 is 23.0. The molecule has 1 aromatic rings. The van der Waals surface area contributed by atoms with Gasteiger partial charge in [0.15, 0.2) is 9.84 Å². The van der Waals surface area contributed by atoms with Gasteiger partial charge in [-0.1, -0.05) is 6.92 Å². The predicted molar refractivity (Wildman–Crippen MR) is 55.2 cm³/mol. The van der Waals surface area contributed by atoms with E-state index in [9.17, 15) is 18.5 Å². The molecule has 0 aliphatic rings. The molecule has 0 aliphatic heterocycles. The van der Waals surface area contributed by atoms with Gasteiger partial charge in [-0.3, -0.25) is 10.1 Å². The molecule has 0 unspecified atom stereocenters. The molecule has 0 saturated heterocycles. The fraction of sp³-hybridized carbons (Fsp3) is 0.250. The van der Waals surface area contributed by atoms with Gasteiger partial charge in [-0.15, -0.1) is 0 Å². The molecule has 0 spiro atoms. The van der Waals surface area contributed by atoms with E-state index in [1.54, 1.807) is 0 Å². The number of anilines is 1. The van der Waals surface area contributed by atoms with Crippen molar-refractivity contribution in [1.82, 2.24) is 0 Å². The van der Waals surface area contributed by atoms with Crippen molar-refractivity contribution in [2.24, 2.45) is 0 Å². The van der Waals surface area contributed by atoms with E-state index >= 15 is 0 Å². The van der Waals surface area contributed by atoms with E-state index in [4.69, 9.17) is 5.73 Å². The highest BCUT2D eigenvalue weighted by Gasteiger charge is 2.19. The summed E-state index contributed by atoms with van der Waals surface area (Å²) in [6.45, 7) is 1.45. The summed E-state index contributed by atoms with van der Waals surface area (Å²) in [5, 5.41) is 10.4. The zero-order chi connectivity index (χ0) is 11.6. The second-order valence-corrected chi connectivity index (χ2v) is 5.13. The molecule has 82 valence electrons. The quantitative estimate of drug-likeness (QED) is 0.473. The van der Waals surface area contributed by atoms with E-state index in [0.29, 0.717) is 0 Å². The maximum atomic E-state index is 11.5. The molecule has 2 N–H and O–H groups in total. The second kappa shape index (κ2) is 3.85. The minimum atomic E-state index is -3.51. The molecule has 7 heteroatoms. The van der Waals surface area contributed by atoms with Gasteiger partial charge in [-0.05, 0) is 6.07 Å². The molecule has 0 aromatic heterocycles. The summed E-state index contributed by atoms with van der Waals surface area (Å²) in [6.07, 6.45) is 0. The van der Waals surface area contributed by atoms with Gasteiger partial charge >= 0.3 is 0 Å². The molecule has 6 nitrogen and oxygen atoms in total. The number of nitro groups is 1. The normalized spacial score (nSPS) is 11.3. The number of nitrogen functional groups attached to an aromatic ring is 1. The number of non-ortho nitro benzene ring substituents is 1. The van der Waals surface area contributed by atoms with E-state index in [1.165, 1.54) is 19.1 Å². The Labute approximate surface area is 86.8 Å². The lowest BCUT2D eigenvalue weighted by Crippen LogP contribution is -2.07. The fourth-order valence-corrected chi connectivity index (χ4v) is 2.10. The monoisotopic (exact) mass is 230 g/mol. The Hall–Kier alpha value is -1.63. The van der Waals surface area contributed by atoms with Crippen molar-refractivity contribution in [2.75, 3.05) is 11.5 Å². The van der Waals surface area contributed by atoms with E-state index in [-0.39, 0.29) is 22.0 Å². The molecule has 1 aromatic carbocycles. The number of nitrogens with zero attached hydrogens (tertiary/aromatic N) is 1. The molecule has 1 rings (SSSR count). The third-order valence-electron chi connectivity index (χ3n) is 1.92. The van der Waals surface area contributed by atoms with Gasteiger partial charge in [-0.25, -0.2) is 8.42 Å². The van der Waals surface area contributed by atoms with Gasteiger partial charge in [0.25, 0.3) is 5.69 Å². The van der Waals surface area contributed by atoms with Crippen LogP contribution in [0.3, 0.4) is 0 Å². The number of nitro benzene ring substituents is 1. The van der Waals surface area contributed by atoms with Gasteiger partial charge in [0.2, 0.25) is 0 Å². The van der Waals surface area contributed by atoms with Crippen LogP contribution in [-0.2, 0) is 9.84 Å². The van der Waals surface area contributed by atoms with Crippen molar-refractivity contribution in [3.05, 3.63) is 28.3 Å². The highest BCUT2D eigenvalue weighted by Crippen LogP contribution is 2.24. The Morgan fingerprint density at radius 1 is 1.47 bits per heavy atom. The molecular formula is C8H10N2O4S.